The lowest BCUT2D eigenvalue weighted by atomic mass is 10.2. The molecule has 0 fully saturated rings. The van der Waals surface area contributed by atoms with Gasteiger partial charge in [-0.25, -0.2) is 9.69 Å². The number of phenols is 1. The van der Waals surface area contributed by atoms with Crippen molar-refractivity contribution in [2.75, 3.05) is 11.4 Å². The Morgan fingerprint density at radius 1 is 1.23 bits per heavy atom. The number of amides is 3. The van der Waals surface area contributed by atoms with Gasteiger partial charge in [-0.1, -0.05) is 18.2 Å². The van der Waals surface area contributed by atoms with E-state index in [-0.39, 0.29) is 11.4 Å². The van der Waals surface area contributed by atoms with Crippen LogP contribution in [0.5, 0.6) is 5.75 Å². The maximum Gasteiger partial charge on any atom is 0.328 e. The van der Waals surface area contributed by atoms with Gasteiger partial charge in [-0.3, -0.25) is 4.79 Å². The number of aromatic hydroxyl groups is 1. The molecule has 5 nitrogen and oxygen atoms in total. The van der Waals surface area contributed by atoms with Gasteiger partial charge in [-0.2, -0.15) is 0 Å². The third kappa shape index (κ3) is 4.33. The standard InChI is InChI=1S/C16H18N2O3S/c19-12-18(14-8-1-2-9-15(14)20)16(21)17-10-4-3-6-13-7-5-11-22-13/h1-2,5,7-9,11-12,20H,3-4,6,10H2,(H,17,21). The Labute approximate surface area is 133 Å². The third-order valence-electron chi connectivity index (χ3n) is 3.17. The molecule has 1 aromatic heterocycles. The highest BCUT2D eigenvalue weighted by Gasteiger charge is 2.17. The molecule has 2 aromatic rings. The number of nitrogens with zero attached hydrogens (tertiary/aromatic N) is 1. The second-order valence-electron chi connectivity index (χ2n) is 4.73. The molecule has 1 aromatic carbocycles. The predicted molar refractivity (Wildman–Crippen MR) is 87.3 cm³/mol. The number of nitrogens with one attached hydrogen (secondary N) is 1. The molecule has 0 radical (unpaired) electrons. The van der Waals surface area contributed by atoms with Crippen LogP contribution in [0.25, 0.3) is 0 Å². The molecule has 0 aliphatic heterocycles. The summed E-state index contributed by atoms with van der Waals surface area (Å²) in [4.78, 5) is 25.3. The van der Waals surface area contributed by atoms with Crippen LogP contribution in [-0.4, -0.2) is 24.1 Å². The second-order valence-corrected chi connectivity index (χ2v) is 5.76. The van der Waals surface area contributed by atoms with Crippen molar-refractivity contribution in [3.63, 3.8) is 0 Å². The summed E-state index contributed by atoms with van der Waals surface area (Å²) in [5.74, 6) is -0.109. The van der Waals surface area contributed by atoms with E-state index < -0.39 is 6.03 Å². The van der Waals surface area contributed by atoms with Gasteiger partial charge in [0.05, 0.1) is 5.69 Å². The fraction of sp³-hybridized carbons (Fsp3) is 0.250. The zero-order chi connectivity index (χ0) is 15.8. The lowest BCUT2D eigenvalue weighted by Gasteiger charge is -2.17. The Hall–Kier alpha value is -2.34. The topological polar surface area (TPSA) is 69.6 Å². The zero-order valence-corrected chi connectivity index (χ0v) is 12.9. The van der Waals surface area contributed by atoms with Crippen LogP contribution in [0.3, 0.4) is 0 Å². The largest absolute Gasteiger partial charge is 0.506 e. The number of anilines is 1. The number of urea groups is 1. The first-order valence-electron chi connectivity index (χ1n) is 7.05. The van der Waals surface area contributed by atoms with Crippen molar-refractivity contribution in [2.24, 2.45) is 0 Å². The quantitative estimate of drug-likeness (QED) is 0.608. The molecule has 22 heavy (non-hydrogen) atoms. The maximum atomic E-state index is 12.0. The molecule has 2 rings (SSSR count). The monoisotopic (exact) mass is 318 g/mol. The van der Waals surface area contributed by atoms with Crippen LogP contribution in [0.1, 0.15) is 17.7 Å². The third-order valence-corrected chi connectivity index (χ3v) is 4.11. The number of hydrogen-bond donors (Lipinski definition) is 2. The van der Waals surface area contributed by atoms with Gasteiger partial charge in [0.1, 0.15) is 5.75 Å². The Morgan fingerprint density at radius 3 is 2.73 bits per heavy atom. The van der Waals surface area contributed by atoms with E-state index in [2.05, 4.69) is 11.4 Å². The number of phenolic OH excluding ortho intramolecular Hbond substituents is 1. The van der Waals surface area contributed by atoms with Gasteiger partial charge in [0, 0.05) is 11.4 Å². The number of carbonyl (C=O) groups is 2. The predicted octanol–water partition coefficient (Wildman–Crippen LogP) is 3.15. The molecular weight excluding hydrogens is 300 g/mol. The van der Waals surface area contributed by atoms with Crippen LogP contribution in [0.2, 0.25) is 0 Å². The number of imide groups is 1. The summed E-state index contributed by atoms with van der Waals surface area (Å²) in [6.45, 7) is 0.488. The van der Waals surface area contributed by atoms with Crippen molar-refractivity contribution in [2.45, 2.75) is 19.3 Å². The Bertz CT molecular complexity index is 614. The maximum absolute atomic E-state index is 12.0. The van der Waals surface area contributed by atoms with Gasteiger partial charge >= 0.3 is 6.03 Å². The smallest absolute Gasteiger partial charge is 0.328 e. The molecule has 116 valence electrons. The van der Waals surface area contributed by atoms with Gasteiger partial charge in [0.15, 0.2) is 0 Å². The van der Waals surface area contributed by atoms with Crippen LogP contribution in [0, 0.1) is 0 Å². The fourth-order valence-electron chi connectivity index (χ4n) is 2.04. The van der Waals surface area contributed by atoms with Crippen molar-refractivity contribution in [3.05, 3.63) is 46.7 Å². The number of rotatable bonds is 7. The van der Waals surface area contributed by atoms with Crippen molar-refractivity contribution in [1.82, 2.24) is 5.32 Å². The number of para-hydroxylation sites is 2. The Morgan fingerprint density at radius 2 is 2.05 bits per heavy atom. The Balaban J connectivity index is 1.78. The first kappa shape index (κ1) is 16.0. The molecule has 0 bridgehead atoms. The number of unbranched alkanes of at least 4 members (excludes halogenated alkanes) is 1. The highest BCUT2D eigenvalue weighted by molar-refractivity contribution is 7.09. The number of hydrogen-bond acceptors (Lipinski definition) is 4. The minimum atomic E-state index is -0.535. The van der Waals surface area contributed by atoms with Crippen molar-refractivity contribution >= 4 is 29.5 Å². The lowest BCUT2D eigenvalue weighted by molar-refractivity contribution is -0.106. The summed E-state index contributed by atoms with van der Waals surface area (Å²) in [6.07, 6.45) is 3.19. The lowest BCUT2D eigenvalue weighted by Crippen LogP contribution is -2.39. The summed E-state index contributed by atoms with van der Waals surface area (Å²) < 4.78 is 0. The van der Waals surface area contributed by atoms with Crippen molar-refractivity contribution < 1.29 is 14.7 Å². The summed E-state index contributed by atoms with van der Waals surface area (Å²) >= 11 is 1.72. The fourth-order valence-corrected chi connectivity index (χ4v) is 2.79. The molecule has 2 N–H and O–H groups in total. The normalized spacial score (nSPS) is 10.2. The van der Waals surface area contributed by atoms with Crippen molar-refractivity contribution in [3.8, 4) is 5.75 Å². The average Bonchev–Trinajstić information content (AvgIpc) is 3.03. The van der Waals surface area contributed by atoms with E-state index in [1.807, 2.05) is 11.4 Å². The van der Waals surface area contributed by atoms with Crippen LogP contribution < -0.4 is 10.2 Å². The van der Waals surface area contributed by atoms with Gasteiger partial charge in [-0.15, -0.1) is 11.3 Å². The number of aryl methyl sites for hydroxylation is 1. The SMILES string of the molecule is O=CN(C(=O)NCCCCc1cccs1)c1ccccc1O. The van der Waals surface area contributed by atoms with Crippen molar-refractivity contribution in [1.29, 1.82) is 0 Å². The molecule has 0 spiro atoms. The van der Waals surface area contributed by atoms with Gasteiger partial charge in [-0.05, 0) is 42.8 Å². The highest BCUT2D eigenvalue weighted by atomic mass is 32.1. The molecule has 0 aliphatic rings. The summed E-state index contributed by atoms with van der Waals surface area (Å²) in [5.41, 5.74) is 0.175. The number of benzene rings is 1. The number of carbonyl (C=O) groups excluding carboxylic acids is 2. The molecule has 0 atom stereocenters. The molecule has 0 unspecified atom stereocenters. The second kappa shape index (κ2) is 8.19. The van der Waals surface area contributed by atoms with E-state index in [4.69, 9.17) is 0 Å². The summed E-state index contributed by atoms with van der Waals surface area (Å²) in [6, 6.07) is 9.81. The van der Waals surface area contributed by atoms with Crippen LogP contribution in [0.4, 0.5) is 10.5 Å². The van der Waals surface area contributed by atoms with Gasteiger partial charge < -0.3 is 10.4 Å². The van der Waals surface area contributed by atoms with E-state index in [1.165, 1.54) is 17.0 Å². The first-order chi connectivity index (χ1) is 10.7. The van der Waals surface area contributed by atoms with Gasteiger partial charge in [0.25, 0.3) is 0 Å². The molecule has 1 heterocycles. The van der Waals surface area contributed by atoms with E-state index >= 15 is 0 Å². The van der Waals surface area contributed by atoms with E-state index in [0.717, 1.165) is 24.2 Å². The number of thiophene rings is 1. The highest BCUT2D eigenvalue weighted by Crippen LogP contribution is 2.25. The minimum absolute atomic E-state index is 0.109. The molecular formula is C16H18N2O3S. The van der Waals surface area contributed by atoms with Crippen LogP contribution >= 0.6 is 11.3 Å². The molecule has 0 saturated heterocycles. The molecule has 0 aliphatic carbocycles. The van der Waals surface area contributed by atoms with Crippen LogP contribution in [0.15, 0.2) is 41.8 Å². The van der Waals surface area contributed by atoms with Crippen LogP contribution in [-0.2, 0) is 11.2 Å². The minimum Gasteiger partial charge on any atom is -0.506 e. The van der Waals surface area contributed by atoms with E-state index in [9.17, 15) is 14.7 Å². The first-order valence-corrected chi connectivity index (χ1v) is 7.93. The summed E-state index contributed by atoms with van der Waals surface area (Å²) in [7, 11) is 0. The molecule has 0 saturated carbocycles. The Kier molecular flexibility index (Phi) is 5.97. The van der Waals surface area contributed by atoms with E-state index in [0.29, 0.717) is 13.0 Å². The molecule has 6 heteroatoms. The molecule has 3 amide bonds. The summed E-state index contributed by atoms with van der Waals surface area (Å²) in [5, 5.41) is 14.4. The average molecular weight is 318 g/mol. The zero-order valence-electron chi connectivity index (χ0n) is 12.1. The van der Waals surface area contributed by atoms with Gasteiger partial charge in [0.2, 0.25) is 6.41 Å². The van der Waals surface area contributed by atoms with E-state index in [1.54, 1.807) is 23.5 Å².